The summed E-state index contributed by atoms with van der Waals surface area (Å²) in [5.74, 6) is 0.551. The molecule has 16 heavy (non-hydrogen) atoms. The van der Waals surface area contributed by atoms with E-state index in [0.29, 0.717) is 12.5 Å². The van der Waals surface area contributed by atoms with Crippen molar-refractivity contribution in [2.75, 3.05) is 18.4 Å². The molecule has 2 N–H and O–H groups in total. The number of amides is 1. The molecule has 0 aliphatic heterocycles. The Bertz CT molecular complexity index is 348. The predicted octanol–water partition coefficient (Wildman–Crippen LogP) is 2.36. The van der Waals surface area contributed by atoms with E-state index in [-0.39, 0.29) is 5.91 Å². The van der Waals surface area contributed by atoms with Gasteiger partial charge in [-0.3, -0.25) is 4.79 Å². The Morgan fingerprint density at radius 3 is 2.69 bits per heavy atom. The molecule has 0 saturated heterocycles. The molecular formula is C13H20N2O. The molecule has 0 unspecified atom stereocenters. The number of carbonyl (C=O) groups excluding carboxylic acids is 1. The maximum Gasteiger partial charge on any atom is 0.216 e. The second-order valence-corrected chi connectivity index (χ2v) is 4.19. The summed E-state index contributed by atoms with van der Waals surface area (Å²) in [6.07, 6.45) is 0. The number of benzene rings is 1. The summed E-state index contributed by atoms with van der Waals surface area (Å²) in [5.41, 5.74) is 2.43. The van der Waals surface area contributed by atoms with E-state index in [2.05, 4.69) is 42.7 Å². The van der Waals surface area contributed by atoms with Crippen molar-refractivity contribution in [2.45, 2.75) is 26.7 Å². The van der Waals surface area contributed by atoms with Gasteiger partial charge in [-0.2, -0.15) is 0 Å². The van der Waals surface area contributed by atoms with Crippen molar-refractivity contribution in [1.29, 1.82) is 0 Å². The zero-order chi connectivity index (χ0) is 12.0. The van der Waals surface area contributed by atoms with Crippen molar-refractivity contribution >= 4 is 11.6 Å². The molecule has 1 rings (SSSR count). The largest absolute Gasteiger partial charge is 0.383 e. The first-order valence-corrected chi connectivity index (χ1v) is 5.68. The summed E-state index contributed by atoms with van der Waals surface area (Å²) >= 11 is 0. The predicted molar refractivity (Wildman–Crippen MR) is 67.7 cm³/mol. The average Bonchev–Trinajstić information content (AvgIpc) is 2.24. The standard InChI is InChI=1S/C13H20N2O/c1-10(2)12-5-4-6-13(9-12)15-8-7-14-11(3)16/h4-6,9-10,15H,7-8H2,1-3H3,(H,14,16). The minimum atomic E-state index is 0.0118. The Labute approximate surface area is 97.2 Å². The number of nitrogens with one attached hydrogen (secondary N) is 2. The Morgan fingerprint density at radius 1 is 1.31 bits per heavy atom. The number of hydrogen-bond acceptors (Lipinski definition) is 2. The maximum absolute atomic E-state index is 10.7. The molecule has 0 saturated carbocycles. The van der Waals surface area contributed by atoms with E-state index < -0.39 is 0 Å². The van der Waals surface area contributed by atoms with Gasteiger partial charge in [0.25, 0.3) is 0 Å². The van der Waals surface area contributed by atoms with Crippen LogP contribution in [0.2, 0.25) is 0 Å². The summed E-state index contributed by atoms with van der Waals surface area (Å²) in [7, 11) is 0. The van der Waals surface area contributed by atoms with E-state index in [4.69, 9.17) is 0 Å². The van der Waals surface area contributed by atoms with Crippen LogP contribution in [0, 0.1) is 0 Å². The van der Waals surface area contributed by atoms with Crippen molar-refractivity contribution in [3.63, 3.8) is 0 Å². The topological polar surface area (TPSA) is 41.1 Å². The highest BCUT2D eigenvalue weighted by Gasteiger charge is 1.99. The molecule has 0 fully saturated rings. The number of anilines is 1. The molecule has 0 aliphatic carbocycles. The molecule has 1 amide bonds. The summed E-state index contributed by atoms with van der Waals surface area (Å²) in [6.45, 7) is 7.29. The second-order valence-electron chi connectivity index (χ2n) is 4.19. The fourth-order valence-corrected chi connectivity index (χ4v) is 1.45. The van der Waals surface area contributed by atoms with E-state index in [1.807, 2.05) is 6.07 Å². The lowest BCUT2D eigenvalue weighted by atomic mass is 10.0. The van der Waals surface area contributed by atoms with Crippen molar-refractivity contribution in [3.8, 4) is 0 Å². The van der Waals surface area contributed by atoms with Crippen LogP contribution in [-0.4, -0.2) is 19.0 Å². The molecule has 0 atom stereocenters. The molecule has 3 heteroatoms. The molecule has 0 bridgehead atoms. The van der Waals surface area contributed by atoms with Gasteiger partial charge in [0.1, 0.15) is 0 Å². The van der Waals surface area contributed by atoms with Gasteiger partial charge in [-0.05, 0) is 23.6 Å². The van der Waals surface area contributed by atoms with Crippen LogP contribution in [0.1, 0.15) is 32.3 Å². The van der Waals surface area contributed by atoms with Crippen LogP contribution in [0.5, 0.6) is 0 Å². The van der Waals surface area contributed by atoms with Crippen LogP contribution in [0.25, 0.3) is 0 Å². The van der Waals surface area contributed by atoms with Gasteiger partial charge in [0.05, 0.1) is 0 Å². The fourth-order valence-electron chi connectivity index (χ4n) is 1.45. The average molecular weight is 220 g/mol. The molecule has 0 heterocycles. The third-order valence-electron chi connectivity index (χ3n) is 2.38. The van der Waals surface area contributed by atoms with Gasteiger partial charge in [0.2, 0.25) is 5.91 Å². The van der Waals surface area contributed by atoms with Crippen molar-refractivity contribution < 1.29 is 4.79 Å². The lowest BCUT2D eigenvalue weighted by Crippen LogP contribution is -2.26. The third-order valence-corrected chi connectivity index (χ3v) is 2.38. The Hall–Kier alpha value is -1.51. The van der Waals surface area contributed by atoms with Crippen molar-refractivity contribution in [1.82, 2.24) is 5.32 Å². The summed E-state index contributed by atoms with van der Waals surface area (Å²) in [6, 6.07) is 8.37. The monoisotopic (exact) mass is 220 g/mol. The van der Waals surface area contributed by atoms with Crippen LogP contribution in [0.4, 0.5) is 5.69 Å². The van der Waals surface area contributed by atoms with Gasteiger partial charge in [0, 0.05) is 25.7 Å². The smallest absolute Gasteiger partial charge is 0.216 e. The van der Waals surface area contributed by atoms with Gasteiger partial charge >= 0.3 is 0 Å². The van der Waals surface area contributed by atoms with Crippen LogP contribution >= 0.6 is 0 Å². The van der Waals surface area contributed by atoms with Crippen LogP contribution in [0.15, 0.2) is 24.3 Å². The van der Waals surface area contributed by atoms with Gasteiger partial charge in [-0.15, -0.1) is 0 Å². The zero-order valence-electron chi connectivity index (χ0n) is 10.2. The quantitative estimate of drug-likeness (QED) is 0.748. The molecule has 0 radical (unpaired) electrons. The van der Waals surface area contributed by atoms with Crippen LogP contribution in [-0.2, 0) is 4.79 Å². The lowest BCUT2D eigenvalue weighted by molar-refractivity contribution is -0.118. The molecule has 0 aliphatic rings. The van der Waals surface area contributed by atoms with E-state index in [1.165, 1.54) is 12.5 Å². The number of rotatable bonds is 5. The Balaban J connectivity index is 2.42. The number of carbonyl (C=O) groups is 1. The second kappa shape index (κ2) is 6.16. The molecule has 0 aromatic heterocycles. The molecular weight excluding hydrogens is 200 g/mol. The minimum absolute atomic E-state index is 0.0118. The van der Waals surface area contributed by atoms with Gasteiger partial charge < -0.3 is 10.6 Å². The first-order chi connectivity index (χ1) is 7.59. The van der Waals surface area contributed by atoms with Gasteiger partial charge in [-0.25, -0.2) is 0 Å². The zero-order valence-corrected chi connectivity index (χ0v) is 10.2. The van der Waals surface area contributed by atoms with E-state index in [9.17, 15) is 4.79 Å². The lowest BCUT2D eigenvalue weighted by Gasteiger charge is -2.10. The molecule has 1 aromatic rings. The van der Waals surface area contributed by atoms with Crippen LogP contribution < -0.4 is 10.6 Å². The van der Waals surface area contributed by atoms with Crippen LogP contribution in [0.3, 0.4) is 0 Å². The summed E-state index contributed by atoms with van der Waals surface area (Å²) < 4.78 is 0. The highest BCUT2D eigenvalue weighted by Crippen LogP contribution is 2.18. The SMILES string of the molecule is CC(=O)NCCNc1cccc(C(C)C)c1. The summed E-state index contributed by atoms with van der Waals surface area (Å²) in [4.78, 5) is 10.7. The third kappa shape index (κ3) is 4.34. The Morgan fingerprint density at radius 2 is 2.06 bits per heavy atom. The van der Waals surface area contributed by atoms with Crippen molar-refractivity contribution in [2.24, 2.45) is 0 Å². The van der Waals surface area contributed by atoms with Crippen molar-refractivity contribution in [3.05, 3.63) is 29.8 Å². The first-order valence-electron chi connectivity index (χ1n) is 5.68. The minimum Gasteiger partial charge on any atom is -0.383 e. The molecule has 1 aromatic carbocycles. The normalized spacial score (nSPS) is 10.2. The van der Waals surface area contributed by atoms with E-state index in [1.54, 1.807) is 0 Å². The van der Waals surface area contributed by atoms with Gasteiger partial charge in [-0.1, -0.05) is 26.0 Å². The maximum atomic E-state index is 10.7. The molecule has 3 nitrogen and oxygen atoms in total. The van der Waals surface area contributed by atoms with Gasteiger partial charge in [0.15, 0.2) is 0 Å². The van der Waals surface area contributed by atoms with E-state index in [0.717, 1.165) is 12.2 Å². The first kappa shape index (κ1) is 12.6. The van der Waals surface area contributed by atoms with E-state index >= 15 is 0 Å². The summed E-state index contributed by atoms with van der Waals surface area (Å²) in [5, 5.41) is 6.03. The highest BCUT2D eigenvalue weighted by atomic mass is 16.1. The fraction of sp³-hybridized carbons (Fsp3) is 0.462. The number of hydrogen-bond donors (Lipinski definition) is 2. The molecule has 0 spiro atoms. The Kier molecular flexibility index (Phi) is 4.83. The highest BCUT2D eigenvalue weighted by molar-refractivity contribution is 5.72. The molecule has 88 valence electrons.